The van der Waals surface area contributed by atoms with Gasteiger partial charge in [-0.3, -0.25) is 0 Å². The largest absolute Gasteiger partial charge is 0.385 e. The first-order chi connectivity index (χ1) is 7.33. The van der Waals surface area contributed by atoms with Crippen LogP contribution in [0.2, 0.25) is 0 Å². The van der Waals surface area contributed by atoms with E-state index in [1.165, 1.54) is 0 Å². The van der Waals surface area contributed by atoms with Gasteiger partial charge in [-0.1, -0.05) is 18.2 Å². The standard InChI is InChI=1S/C11H13N3O/c12-6-11(15)10-7-13-8-14(10)9-4-2-1-3-5-9/h1-5,7-8,11,15H,6,12H2. The fourth-order valence-electron chi connectivity index (χ4n) is 1.48. The molecule has 3 N–H and O–H groups in total. The van der Waals surface area contributed by atoms with E-state index >= 15 is 0 Å². The van der Waals surface area contributed by atoms with Gasteiger partial charge in [0, 0.05) is 12.2 Å². The average molecular weight is 203 g/mol. The van der Waals surface area contributed by atoms with Crippen LogP contribution < -0.4 is 5.73 Å². The Morgan fingerprint density at radius 3 is 2.73 bits per heavy atom. The first-order valence-corrected chi connectivity index (χ1v) is 4.78. The molecule has 4 heteroatoms. The summed E-state index contributed by atoms with van der Waals surface area (Å²) in [6.07, 6.45) is 2.63. The summed E-state index contributed by atoms with van der Waals surface area (Å²) in [5.74, 6) is 0. The lowest BCUT2D eigenvalue weighted by molar-refractivity contribution is 0.180. The molecule has 78 valence electrons. The zero-order valence-electron chi connectivity index (χ0n) is 8.24. The number of hydrogen-bond donors (Lipinski definition) is 2. The fraction of sp³-hybridized carbons (Fsp3) is 0.182. The molecule has 0 radical (unpaired) electrons. The fourth-order valence-corrected chi connectivity index (χ4v) is 1.48. The Labute approximate surface area is 88.0 Å². The Kier molecular flexibility index (Phi) is 2.80. The molecule has 0 amide bonds. The number of rotatable bonds is 3. The SMILES string of the molecule is NCC(O)c1cncn1-c1ccccc1. The van der Waals surface area contributed by atoms with Crippen LogP contribution in [0.15, 0.2) is 42.9 Å². The van der Waals surface area contributed by atoms with Crippen molar-refractivity contribution in [2.75, 3.05) is 6.54 Å². The summed E-state index contributed by atoms with van der Waals surface area (Å²) in [7, 11) is 0. The number of aliphatic hydroxyl groups excluding tert-OH is 1. The molecule has 1 unspecified atom stereocenters. The Hall–Kier alpha value is -1.65. The van der Waals surface area contributed by atoms with E-state index in [0.29, 0.717) is 5.69 Å². The van der Waals surface area contributed by atoms with E-state index in [1.807, 2.05) is 34.9 Å². The van der Waals surface area contributed by atoms with E-state index in [-0.39, 0.29) is 6.54 Å². The molecule has 0 spiro atoms. The third kappa shape index (κ3) is 1.91. The number of benzene rings is 1. The Morgan fingerprint density at radius 1 is 1.33 bits per heavy atom. The number of aliphatic hydroxyl groups is 1. The highest BCUT2D eigenvalue weighted by Gasteiger charge is 2.11. The lowest BCUT2D eigenvalue weighted by Gasteiger charge is -2.11. The van der Waals surface area contributed by atoms with Crippen LogP contribution in [0.4, 0.5) is 0 Å². The summed E-state index contributed by atoms with van der Waals surface area (Å²) in [5.41, 5.74) is 7.10. The molecule has 0 aliphatic carbocycles. The summed E-state index contributed by atoms with van der Waals surface area (Å²) in [5, 5.41) is 9.67. The lowest BCUT2D eigenvalue weighted by atomic mass is 10.2. The van der Waals surface area contributed by atoms with Gasteiger partial charge in [-0.15, -0.1) is 0 Å². The van der Waals surface area contributed by atoms with Crippen LogP contribution in [0.25, 0.3) is 5.69 Å². The first kappa shape index (κ1) is 9.89. The molecule has 1 heterocycles. The smallest absolute Gasteiger partial charge is 0.108 e. The Balaban J connectivity index is 2.41. The number of aromatic nitrogens is 2. The van der Waals surface area contributed by atoms with Gasteiger partial charge < -0.3 is 15.4 Å². The van der Waals surface area contributed by atoms with Crippen LogP contribution in [0, 0.1) is 0 Å². The van der Waals surface area contributed by atoms with E-state index in [2.05, 4.69) is 4.98 Å². The van der Waals surface area contributed by atoms with Gasteiger partial charge in [0.1, 0.15) is 6.10 Å². The Morgan fingerprint density at radius 2 is 2.07 bits per heavy atom. The number of para-hydroxylation sites is 1. The van der Waals surface area contributed by atoms with Gasteiger partial charge in [0.15, 0.2) is 0 Å². The second-order valence-corrected chi connectivity index (χ2v) is 3.28. The van der Waals surface area contributed by atoms with Crippen LogP contribution in [0.1, 0.15) is 11.8 Å². The second kappa shape index (κ2) is 4.25. The highest BCUT2D eigenvalue weighted by molar-refractivity contribution is 5.33. The summed E-state index contributed by atoms with van der Waals surface area (Å²) in [6, 6.07) is 9.73. The number of imidazole rings is 1. The van der Waals surface area contributed by atoms with Crippen LogP contribution in [-0.4, -0.2) is 21.2 Å². The molecule has 2 aromatic rings. The molecular weight excluding hydrogens is 190 g/mol. The maximum Gasteiger partial charge on any atom is 0.108 e. The van der Waals surface area contributed by atoms with Gasteiger partial charge in [0.25, 0.3) is 0 Å². The molecule has 1 aromatic carbocycles. The number of hydrogen-bond acceptors (Lipinski definition) is 3. The van der Waals surface area contributed by atoms with Crippen molar-refractivity contribution in [2.45, 2.75) is 6.10 Å². The topological polar surface area (TPSA) is 64.1 Å². The molecule has 2 rings (SSSR count). The molecule has 4 nitrogen and oxygen atoms in total. The van der Waals surface area contributed by atoms with Gasteiger partial charge >= 0.3 is 0 Å². The zero-order chi connectivity index (χ0) is 10.7. The van der Waals surface area contributed by atoms with Crippen molar-refractivity contribution in [1.29, 1.82) is 0 Å². The lowest BCUT2D eigenvalue weighted by Crippen LogP contribution is -2.14. The molecule has 0 saturated carbocycles. The van der Waals surface area contributed by atoms with Crippen molar-refractivity contribution in [3.05, 3.63) is 48.5 Å². The summed E-state index contributed by atoms with van der Waals surface area (Å²) in [6.45, 7) is 0.193. The van der Waals surface area contributed by atoms with Gasteiger partial charge in [-0.2, -0.15) is 0 Å². The van der Waals surface area contributed by atoms with Crippen LogP contribution in [0.5, 0.6) is 0 Å². The predicted octanol–water partition coefficient (Wildman–Crippen LogP) is 0.864. The van der Waals surface area contributed by atoms with E-state index in [0.717, 1.165) is 5.69 Å². The summed E-state index contributed by atoms with van der Waals surface area (Å²) < 4.78 is 1.83. The van der Waals surface area contributed by atoms with Gasteiger partial charge in [0.2, 0.25) is 0 Å². The zero-order valence-corrected chi connectivity index (χ0v) is 8.24. The van der Waals surface area contributed by atoms with E-state index < -0.39 is 6.10 Å². The first-order valence-electron chi connectivity index (χ1n) is 4.78. The van der Waals surface area contributed by atoms with E-state index in [4.69, 9.17) is 5.73 Å². The molecule has 0 aliphatic rings. The highest BCUT2D eigenvalue weighted by Crippen LogP contribution is 2.16. The minimum Gasteiger partial charge on any atom is -0.385 e. The van der Waals surface area contributed by atoms with Gasteiger partial charge in [0.05, 0.1) is 18.2 Å². The van der Waals surface area contributed by atoms with Gasteiger partial charge in [-0.25, -0.2) is 4.98 Å². The Bertz CT molecular complexity index is 424. The van der Waals surface area contributed by atoms with Crippen molar-refractivity contribution < 1.29 is 5.11 Å². The normalized spacial score (nSPS) is 12.7. The summed E-state index contributed by atoms with van der Waals surface area (Å²) in [4.78, 5) is 4.01. The van der Waals surface area contributed by atoms with Crippen molar-refractivity contribution in [2.24, 2.45) is 5.73 Å². The average Bonchev–Trinajstić information content (AvgIpc) is 2.78. The molecule has 0 aliphatic heterocycles. The van der Waals surface area contributed by atoms with E-state index in [1.54, 1.807) is 12.5 Å². The second-order valence-electron chi connectivity index (χ2n) is 3.28. The molecule has 15 heavy (non-hydrogen) atoms. The molecular formula is C11H13N3O. The van der Waals surface area contributed by atoms with E-state index in [9.17, 15) is 5.11 Å². The van der Waals surface area contributed by atoms with Crippen LogP contribution in [0.3, 0.4) is 0 Å². The quantitative estimate of drug-likeness (QED) is 0.777. The molecule has 0 saturated heterocycles. The highest BCUT2D eigenvalue weighted by atomic mass is 16.3. The molecule has 0 bridgehead atoms. The summed E-state index contributed by atoms with van der Waals surface area (Å²) >= 11 is 0. The van der Waals surface area contributed by atoms with Crippen molar-refractivity contribution in [1.82, 2.24) is 9.55 Å². The van der Waals surface area contributed by atoms with Gasteiger partial charge in [-0.05, 0) is 12.1 Å². The molecule has 0 fully saturated rings. The van der Waals surface area contributed by atoms with Crippen molar-refractivity contribution in [3.8, 4) is 5.69 Å². The third-order valence-corrected chi connectivity index (χ3v) is 2.27. The maximum atomic E-state index is 9.67. The third-order valence-electron chi connectivity index (χ3n) is 2.27. The molecule has 1 atom stereocenters. The van der Waals surface area contributed by atoms with Crippen LogP contribution in [-0.2, 0) is 0 Å². The minimum absolute atomic E-state index is 0.193. The monoisotopic (exact) mass is 203 g/mol. The number of nitrogens with zero attached hydrogens (tertiary/aromatic N) is 2. The predicted molar refractivity (Wildman–Crippen MR) is 57.6 cm³/mol. The van der Waals surface area contributed by atoms with Crippen molar-refractivity contribution in [3.63, 3.8) is 0 Å². The molecule has 1 aromatic heterocycles. The minimum atomic E-state index is -0.673. The van der Waals surface area contributed by atoms with Crippen LogP contribution >= 0.6 is 0 Å². The maximum absolute atomic E-state index is 9.67. The van der Waals surface area contributed by atoms with Crippen molar-refractivity contribution >= 4 is 0 Å². The number of nitrogens with two attached hydrogens (primary N) is 1.